The summed E-state index contributed by atoms with van der Waals surface area (Å²) < 4.78 is 5.73. The van der Waals surface area contributed by atoms with Crippen LogP contribution in [0.1, 0.15) is 38.8 Å². The minimum absolute atomic E-state index is 0.120. The molecule has 0 spiro atoms. The van der Waals surface area contributed by atoms with Crippen LogP contribution < -0.4 is 10.1 Å². The fourth-order valence-electron chi connectivity index (χ4n) is 2.78. The van der Waals surface area contributed by atoms with E-state index in [1.54, 1.807) is 11.8 Å². The zero-order valence-electron chi connectivity index (χ0n) is 17.4. The van der Waals surface area contributed by atoms with Crippen LogP contribution in [0.3, 0.4) is 0 Å². The van der Waals surface area contributed by atoms with Gasteiger partial charge in [-0.1, -0.05) is 48.5 Å². The number of amides is 2. The van der Waals surface area contributed by atoms with Crippen molar-refractivity contribution in [1.82, 2.24) is 10.2 Å². The Morgan fingerprint density at radius 2 is 1.64 bits per heavy atom. The monoisotopic (exact) mass is 382 g/mol. The van der Waals surface area contributed by atoms with E-state index >= 15 is 0 Å². The van der Waals surface area contributed by atoms with E-state index in [4.69, 9.17) is 4.74 Å². The Kier molecular flexibility index (Phi) is 7.21. The summed E-state index contributed by atoms with van der Waals surface area (Å²) in [6, 6.07) is 16.6. The van der Waals surface area contributed by atoms with Gasteiger partial charge >= 0.3 is 0 Å². The van der Waals surface area contributed by atoms with E-state index in [0.717, 1.165) is 11.1 Å². The summed E-state index contributed by atoms with van der Waals surface area (Å²) in [6.45, 7) is 9.66. The van der Waals surface area contributed by atoms with Crippen molar-refractivity contribution in [2.75, 3.05) is 6.61 Å². The van der Waals surface area contributed by atoms with Crippen LogP contribution in [-0.2, 0) is 16.1 Å². The highest BCUT2D eigenvalue weighted by Gasteiger charge is 2.28. The van der Waals surface area contributed by atoms with Gasteiger partial charge in [-0.2, -0.15) is 0 Å². The van der Waals surface area contributed by atoms with E-state index in [2.05, 4.69) is 5.32 Å². The third kappa shape index (κ3) is 6.41. The Balaban J connectivity index is 2.15. The molecule has 150 valence electrons. The van der Waals surface area contributed by atoms with Crippen LogP contribution in [0.5, 0.6) is 5.75 Å². The van der Waals surface area contributed by atoms with Gasteiger partial charge in [0.25, 0.3) is 5.91 Å². The Hall–Kier alpha value is -2.82. The van der Waals surface area contributed by atoms with Gasteiger partial charge in [0.2, 0.25) is 5.91 Å². The largest absolute Gasteiger partial charge is 0.484 e. The van der Waals surface area contributed by atoms with Crippen molar-refractivity contribution in [1.29, 1.82) is 0 Å². The SMILES string of the molecule is Cc1ccccc1OCC(=O)N(Cc1ccccc1)C(C)C(=O)NC(C)(C)C. The molecule has 1 N–H and O–H groups in total. The van der Waals surface area contributed by atoms with Gasteiger partial charge in [0, 0.05) is 12.1 Å². The number of hydrogen-bond donors (Lipinski definition) is 1. The predicted octanol–water partition coefficient (Wildman–Crippen LogP) is 3.71. The minimum atomic E-state index is -0.618. The number of rotatable bonds is 7. The maximum Gasteiger partial charge on any atom is 0.261 e. The maximum atomic E-state index is 13.0. The maximum absolute atomic E-state index is 13.0. The molecule has 2 amide bonds. The molecule has 2 rings (SSSR count). The Morgan fingerprint density at radius 1 is 1.04 bits per heavy atom. The molecule has 28 heavy (non-hydrogen) atoms. The first-order chi connectivity index (χ1) is 13.2. The molecule has 0 aromatic heterocycles. The number of carbonyl (C=O) groups is 2. The van der Waals surface area contributed by atoms with Crippen molar-refractivity contribution in [2.45, 2.75) is 52.7 Å². The van der Waals surface area contributed by atoms with E-state index in [0.29, 0.717) is 12.3 Å². The number of para-hydroxylation sites is 1. The van der Waals surface area contributed by atoms with Crippen molar-refractivity contribution in [3.05, 3.63) is 65.7 Å². The molecule has 0 aliphatic heterocycles. The van der Waals surface area contributed by atoms with Crippen LogP contribution in [0.25, 0.3) is 0 Å². The van der Waals surface area contributed by atoms with Crippen LogP contribution >= 0.6 is 0 Å². The molecule has 0 aliphatic carbocycles. The lowest BCUT2D eigenvalue weighted by Gasteiger charge is -2.31. The van der Waals surface area contributed by atoms with E-state index in [1.807, 2.05) is 82.3 Å². The quantitative estimate of drug-likeness (QED) is 0.794. The molecule has 0 saturated heterocycles. The van der Waals surface area contributed by atoms with Crippen molar-refractivity contribution < 1.29 is 14.3 Å². The first-order valence-corrected chi connectivity index (χ1v) is 9.51. The molecule has 1 atom stereocenters. The highest BCUT2D eigenvalue weighted by molar-refractivity contribution is 5.88. The van der Waals surface area contributed by atoms with Crippen LogP contribution in [0, 0.1) is 6.92 Å². The summed E-state index contributed by atoms with van der Waals surface area (Å²) in [5, 5.41) is 2.95. The number of nitrogens with zero attached hydrogens (tertiary/aromatic N) is 1. The van der Waals surface area contributed by atoms with E-state index in [1.165, 1.54) is 0 Å². The van der Waals surface area contributed by atoms with Gasteiger partial charge in [0.15, 0.2) is 6.61 Å². The first-order valence-electron chi connectivity index (χ1n) is 9.51. The molecule has 2 aromatic carbocycles. The molecule has 5 heteroatoms. The van der Waals surface area contributed by atoms with E-state index in [-0.39, 0.29) is 24.0 Å². The minimum Gasteiger partial charge on any atom is -0.484 e. The Bertz CT molecular complexity index is 797. The van der Waals surface area contributed by atoms with Gasteiger partial charge in [0.1, 0.15) is 11.8 Å². The van der Waals surface area contributed by atoms with Crippen molar-refractivity contribution in [3.63, 3.8) is 0 Å². The average molecular weight is 383 g/mol. The molecule has 0 radical (unpaired) electrons. The van der Waals surface area contributed by atoms with Gasteiger partial charge in [-0.05, 0) is 51.8 Å². The normalized spacial score (nSPS) is 12.2. The molecule has 2 aromatic rings. The van der Waals surface area contributed by atoms with Crippen molar-refractivity contribution >= 4 is 11.8 Å². The van der Waals surface area contributed by atoms with Crippen molar-refractivity contribution in [3.8, 4) is 5.75 Å². The van der Waals surface area contributed by atoms with Crippen LogP contribution in [-0.4, -0.2) is 34.9 Å². The zero-order chi connectivity index (χ0) is 20.7. The van der Waals surface area contributed by atoms with Crippen LogP contribution in [0.4, 0.5) is 0 Å². The third-order valence-electron chi connectivity index (χ3n) is 4.31. The standard InChI is InChI=1S/C23H30N2O3/c1-17-11-9-10-14-20(17)28-16-21(26)25(15-19-12-7-6-8-13-19)18(2)22(27)24-23(3,4)5/h6-14,18H,15-16H2,1-5H3,(H,24,27). The highest BCUT2D eigenvalue weighted by Crippen LogP contribution is 2.17. The van der Waals surface area contributed by atoms with E-state index in [9.17, 15) is 9.59 Å². The molecule has 5 nitrogen and oxygen atoms in total. The first kappa shape index (κ1) is 21.5. The van der Waals surface area contributed by atoms with Gasteiger partial charge in [-0.3, -0.25) is 9.59 Å². The number of benzene rings is 2. The highest BCUT2D eigenvalue weighted by atomic mass is 16.5. The second kappa shape index (κ2) is 9.40. The van der Waals surface area contributed by atoms with Gasteiger partial charge < -0.3 is 15.0 Å². The number of carbonyl (C=O) groups excluding carboxylic acids is 2. The Morgan fingerprint density at radius 3 is 2.25 bits per heavy atom. The molecular weight excluding hydrogens is 352 g/mol. The number of hydrogen-bond acceptors (Lipinski definition) is 3. The molecule has 0 heterocycles. The lowest BCUT2D eigenvalue weighted by molar-refractivity contribution is -0.142. The second-order valence-electron chi connectivity index (χ2n) is 7.98. The zero-order valence-corrected chi connectivity index (χ0v) is 17.4. The predicted molar refractivity (Wildman–Crippen MR) is 111 cm³/mol. The van der Waals surface area contributed by atoms with Crippen molar-refractivity contribution in [2.24, 2.45) is 0 Å². The van der Waals surface area contributed by atoms with E-state index < -0.39 is 6.04 Å². The smallest absolute Gasteiger partial charge is 0.261 e. The fourth-order valence-corrected chi connectivity index (χ4v) is 2.78. The number of nitrogens with one attached hydrogen (secondary N) is 1. The summed E-state index contributed by atoms with van der Waals surface area (Å²) in [5.41, 5.74) is 1.55. The second-order valence-corrected chi connectivity index (χ2v) is 7.98. The lowest BCUT2D eigenvalue weighted by Crippen LogP contribution is -2.53. The summed E-state index contributed by atoms with van der Waals surface area (Å²) >= 11 is 0. The fraction of sp³-hybridized carbons (Fsp3) is 0.391. The third-order valence-corrected chi connectivity index (χ3v) is 4.31. The van der Waals surface area contributed by atoms with Crippen LogP contribution in [0.15, 0.2) is 54.6 Å². The van der Waals surface area contributed by atoms with Gasteiger partial charge in [-0.15, -0.1) is 0 Å². The molecule has 0 bridgehead atoms. The van der Waals surface area contributed by atoms with Gasteiger partial charge in [-0.25, -0.2) is 0 Å². The summed E-state index contributed by atoms with van der Waals surface area (Å²) in [4.78, 5) is 27.2. The molecule has 1 unspecified atom stereocenters. The molecule has 0 aliphatic rings. The number of ether oxygens (including phenoxy) is 1. The topological polar surface area (TPSA) is 58.6 Å². The van der Waals surface area contributed by atoms with Gasteiger partial charge in [0.05, 0.1) is 0 Å². The summed E-state index contributed by atoms with van der Waals surface area (Å²) in [6.07, 6.45) is 0. The number of aryl methyl sites for hydroxylation is 1. The summed E-state index contributed by atoms with van der Waals surface area (Å²) in [7, 11) is 0. The molecular formula is C23H30N2O3. The van der Waals surface area contributed by atoms with Crippen LogP contribution in [0.2, 0.25) is 0 Å². The average Bonchev–Trinajstić information content (AvgIpc) is 2.64. The molecule has 0 fully saturated rings. The molecule has 0 saturated carbocycles. The lowest BCUT2D eigenvalue weighted by atomic mass is 10.1. The Labute approximate surface area is 167 Å². The summed E-state index contributed by atoms with van der Waals surface area (Å²) in [5.74, 6) is 0.249.